The largest absolute Gasteiger partial charge is 0.509 e. The van der Waals surface area contributed by atoms with Crippen molar-refractivity contribution in [2.24, 2.45) is 0 Å². The van der Waals surface area contributed by atoms with E-state index in [2.05, 4.69) is 36.8 Å². The van der Waals surface area contributed by atoms with Crippen molar-refractivity contribution in [1.82, 2.24) is 0 Å². The number of esters is 1. The summed E-state index contributed by atoms with van der Waals surface area (Å²) in [6, 6.07) is 0. The van der Waals surface area contributed by atoms with Crippen molar-refractivity contribution in [1.29, 1.82) is 0 Å². The second-order valence-electron chi connectivity index (χ2n) is 4.08. The lowest BCUT2D eigenvalue weighted by molar-refractivity contribution is -0.150. The van der Waals surface area contributed by atoms with Crippen LogP contribution < -0.4 is 0 Å². The number of aliphatic carboxylic acids is 1. The van der Waals surface area contributed by atoms with E-state index >= 15 is 0 Å². The van der Waals surface area contributed by atoms with Crippen LogP contribution in [-0.2, 0) is 33.3 Å². The standard InChI is InChI=1S/C8H12O5.C7H10O5/c1-4-5-12-8(10)13-6(2)7(9)11-3;1-3-4-11-7(10)12-5(2)6(8)9/h4,6H,1,5H2,2-3H3;3,5H,1,4H2,2H3,(H,8,9)/t6-;5-/m11/s1. The molecule has 0 fully saturated rings. The minimum Gasteiger partial charge on any atom is -0.479 e. The van der Waals surface area contributed by atoms with E-state index in [0.717, 1.165) is 0 Å². The summed E-state index contributed by atoms with van der Waals surface area (Å²) < 4.78 is 22.0. The maximum Gasteiger partial charge on any atom is 0.509 e. The molecule has 142 valence electrons. The molecular formula is C15H22O10. The molecule has 0 amide bonds. The van der Waals surface area contributed by atoms with Crippen molar-refractivity contribution < 1.29 is 48.0 Å². The molecule has 25 heavy (non-hydrogen) atoms. The Hall–Kier alpha value is -3.04. The number of rotatable bonds is 8. The van der Waals surface area contributed by atoms with Crippen molar-refractivity contribution in [3.63, 3.8) is 0 Å². The topological polar surface area (TPSA) is 135 Å². The third-order valence-corrected chi connectivity index (χ3v) is 2.06. The number of hydrogen-bond acceptors (Lipinski definition) is 9. The van der Waals surface area contributed by atoms with Crippen molar-refractivity contribution in [3.05, 3.63) is 25.3 Å². The van der Waals surface area contributed by atoms with E-state index < -0.39 is 36.5 Å². The van der Waals surface area contributed by atoms with E-state index in [1.807, 2.05) is 0 Å². The molecule has 0 saturated carbocycles. The van der Waals surface area contributed by atoms with Gasteiger partial charge in [0, 0.05) is 0 Å². The maximum absolute atomic E-state index is 10.7. The molecule has 0 bridgehead atoms. The van der Waals surface area contributed by atoms with Crippen LogP contribution in [0.5, 0.6) is 0 Å². The lowest BCUT2D eigenvalue weighted by Gasteiger charge is -2.09. The lowest BCUT2D eigenvalue weighted by atomic mass is 10.4. The highest BCUT2D eigenvalue weighted by molar-refractivity contribution is 5.76. The van der Waals surface area contributed by atoms with Crippen LogP contribution in [0.25, 0.3) is 0 Å². The molecule has 0 rings (SSSR count). The summed E-state index contributed by atoms with van der Waals surface area (Å²) in [6.07, 6.45) is -1.33. The summed E-state index contributed by atoms with van der Waals surface area (Å²) in [5.41, 5.74) is 0. The molecule has 0 spiro atoms. The predicted octanol–water partition coefficient (Wildman–Crippen LogP) is 1.69. The molecule has 1 N–H and O–H groups in total. The van der Waals surface area contributed by atoms with E-state index in [-0.39, 0.29) is 13.2 Å². The fourth-order valence-electron chi connectivity index (χ4n) is 0.875. The van der Waals surface area contributed by atoms with E-state index in [1.54, 1.807) is 0 Å². The Bertz CT molecular complexity index is 471. The summed E-state index contributed by atoms with van der Waals surface area (Å²) in [7, 11) is 1.21. The molecule has 0 aromatic carbocycles. The molecule has 2 atom stereocenters. The van der Waals surface area contributed by atoms with Gasteiger partial charge in [-0.1, -0.05) is 25.3 Å². The molecule has 0 radical (unpaired) electrons. The minimum atomic E-state index is -1.22. The van der Waals surface area contributed by atoms with E-state index in [4.69, 9.17) is 5.11 Å². The zero-order valence-corrected chi connectivity index (χ0v) is 14.3. The first-order valence-corrected chi connectivity index (χ1v) is 6.88. The minimum absolute atomic E-state index is 0.00513. The molecule has 0 aliphatic heterocycles. The highest BCUT2D eigenvalue weighted by Gasteiger charge is 2.18. The van der Waals surface area contributed by atoms with Crippen molar-refractivity contribution in [2.45, 2.75) is 26.1 Å². The zero-order chi connectivity index (χ0) is 19.8. The number of carboxylic acids is 1. The second-order valence-corrected chi connectivity index (χ2v) is 4.08. The van der Waals surface area contributed by atoms with Crippen molar-refractivity contribution >= 4 is 24.2 Å². The molecule has 0 heterocycles. The summed E-state index contributed by atoms with van der Waals surface area (Å²) >= 11 is 0. The maximum atomic E-state index is 10.7. The Labute approximate surface area is 144 Å². The van der Waals surface area contributed by atoms with Gasteiger partial charge in [-0.3, -0.25) is 0 Å². The Morgan fingerprint density at radius 3 is 1.64 bits per heavy atom. The molecule has 10 heteroatoms. The summed E-state index contributed by atoms with van der Waals surface area (Å²) in [5, 5.41) is 8.30. The van der Waals surface area contributed by atoms with Gasteiger partial charge in [0.05, 0.1) is 7.11 Å². The molecule has 10 nitrogen and oxygen atoms in total. The molecule has 0 aliphatic rings. The van der Waals surface area contributed by atoms with Crippen LogP contribution in [-0.4, -0.2) is 61.9 Å². The van der Waals surface area contributed by atoms with Gasteiger partial charge < -0.3 is 28.8 Å². The number of carbonyl (C=O) groups is 4. The smallest absolute Gasteiger partial charge is 0.479 e. The fourth-order valence-corrected chi connectivity index (χ4v) is 0.875. The van der Waals surface area contributed by atoms with Gasteiger partial charge >= 0.3 is 24.2 Å². The Morgan fingerprint density at radius 1 is 0.920 bits per heavy atom. The van der Waals surface area contributed by atoms with Gasteiger partial charge in [0.1, 0.15) is 13.2 Å². The van der Waals surface area contributed by atoms with E-state index in [9.17, 15) is 19.2 Å². The van der Waals surface area contributed by atoms with Crippen LogP contribution in [0.2, 0.25) is 0 Å². The van der Waals surface area contributed by atoms with Gasteiger partial charge in [-0.15, -0.1) is 0 Å². The first kappa shape index (κ1) is 24.2. The van der Waals surface area contributed by atoms with Gasteiger partial charge in [-0.25, -0.2) is 19.2 Å². The van der Waals surface area contributed by atoms with E-state index in [1.165, 1.54) is 33.1 Å². The number of methoxy groups -OCH3 is 1. The Balaban J connectivity index is 0. The SMILES string of the molecule is C=CCOC(=O)O[C@H](C)C(=O)O.C=CCOC(=O)O[C@H](C)C(=O)OC. The molecule has 0 unspecified atom stereocenters. The van der Waals surface area contributed by atoms with Crippen LogP contribution in [0.4, 0.5) is 9.59 Å². The third kappa shape index (κ3) is 14.3. The quantitative estimate of drug-likeness (QED) is 0.386. The van der Waals surface area contributed by atoms with Crippen LogP contribution in [0.15, 0.2) is 25.3 Å². The molecular weight excluding hydrogens is 340 g/mol. The normalized spacial score (nSPS) is 11.3. The lowest BCUT2D eigenvalue weighted by Crippen LogP contribution is -2.25. The monoisotopic (exact) mass is 362 g/mol. The number of hydrogen-bond donors (Lipinski definition) is 1. The van der Waals surface area contributed by atoms with Crippen molar-refractivity contribution in [2.75, 3.05) is 20.3 Å². The number of ether oxygens (including phenoxy) is 5. The molecule has 0 aromatic heterocycles. The van der Waals surface area contributed by atoms with Crippen LogP contribution in [0.3, 0.4) is 0 Å². The van der Waals surface area contributed by atoms with Crippen molar-refractivity contribution in [3.8, 4) is 0 Å². The van der Waals surface area contributed by atoms with Crippen LogP contribution >= 0.6 is 0 Å². The molecule has 0 aliphatic carbocycles. The Morgan fingerprint density at radius 2 is 1.32 bits per heavy atom. The number of carbonyl (C=O) groups excluding carboxylic acids is 3. The molecule has 0 saturated heterocycles. The average Bonchev–Trinajstić information content (AvgIpc) is 2.57. The van der Waals surface area contributed by atoms with Crippen LogP contribution in [0.1, 0.15) is 13.8 Å². The molecule has 0 aromatic rings. The first-order valence-electron chi connectivity index (χ1n) is 6.88. The Kier molecular flexibility index (Phi) is 14.1. The van der Waals surface area contributed by atoms with Gasteiger partial charge in [-0.2, -0.15) is 0 Å². The highest BCUT2D eigenvalue weighted by Crippen LogP contribution is 1.96. The fraction of sp³-hybridized carbons (Fsp3) is 0.467. The predicted molar refractivity (Wildman–Crippen MR) is 83.8 cm³/mol. The summed E-state index contributed by atoms with van der Waals surface area (Å²) in [5.74, 6) is -1.85. The van der Waals surface area contributed by atoms with Gasteiger partial charge in [0.25, 0.3) is 0 Å². The summed E-state index contributed by atoms with van der Waals surface area (Å²) in [6.45, 7) is 9.31. The van der Waals surface area contributed by atoms with Gasteiger partial charge in [0.2, 0.25) is 0 Å². The first-order chi connectivity index (χ1) is 11.7. The zero-order valence-electron chi connectivity index (χ0n) is 14.3. The van der Waals surface area contributed by atoms with E-state index in [0.29, 0.717) is 0 Å². The number of carboxylic acid groups (broad SMARTS) is 1. The summed E-state index contributed by atoms with van der Waals surface area (Å²) in [4.78, 5) is 42.2. The van der Waals surface area contributed by atoms with Gasteiger partial charge in [0.15, 0.2) is 12.2 Å². The average molecular weight is 362 g/mol. The van der Waals surface area contributed by atoms with Crippen LogP contribution in [0, 0.1) is 0 Å². The third-order valence-electron chi connectivity index (χ3n) is 2.06. The second kappa shape index (κ2) is 14.5. The van der Waals surface area contributed by atoms with Gasteiger partial charge in [-0.05, 0) is 13.8 Å². The highest BCUT2D eigenvalue weighted by atomic mass is 16.7.